The fourth-order valence-electron chi connectivity index (χ4n) is 2.82. The molecular formula is C16H20ClNO5S. The number of rotatable bonds is 6. The summed E-state index contributed by atoms with van der Waals surface area (Å²) < 4.78 is 24.3. The van der Waals surface area contributed by atoms with Gasteiger partial charge in [-0.2, -0.15) is 0 Å². The minimum Gasteiger partial charge on any atom is -0.481 e. The summed E-state index contributed by atoms with van der Waals surface area (Å²) in [6, 6.07) is 5.89. The lowest BCUT2D eigenvalue weighted by Crippen LogP contribution is -2.36. The third-order valence-corrected chi connectivity index (χ3v) is 6.27. The molecule has 24 heavy (non-hydrogen) atoms. The first kappa shape index (κ1) is 18.7. The number of carboxylic acids is 1. The van der Waals surface area contributed by atoms with Gasteiger partial charge in [0.25, 0.3) is 0 Å². The Kier molecular flexibility index (Phi) is 6.23. The molecule has 1 aliphatic rings. The molecule has 2 rings (SSSR count). The number of hydrogen-bond donors (Lipinski definition) is 2. The van der Waals surface area contributed by atoms with Crippen molar-refractivity contribution in [1.29, 1.82) is 0 Å². The topological polar surface area (TPSA) is 101 Å². The predicted octanol–water partition coefficient (Wildman–Crippen LogP) is 2.12. The highest BCUT2D eigenvalue weighted by molar-refractivity contribution is 7.91. The van der Waals surface area contributed by atoms with E-state index in [-0.39, 0.29) is 34.9 Å². The zero-order valence-corrected chi connectivity index (χ0v) is 14.6. The average Bonchev–Trinajstić information content (AvgIpc) is 2.55. The number of benzene rings is 1. The van der Waals surface area contributed by atoms with E-state index in [2.05, 4.69) is 5.32 Å². The second-order valence-electron chi connectivity index (χ2n) is 5.95. The van der Waals surface area contributed by atoms with Crippen molar-refractivity contribution in [2.75, 3.05) is 12.3 Å². The third-order valence-electron chi connectivity index (χ3n) is 4.29. The quantitative estimate of drug-likeness (QED) is 0.795. The Bertz CT molecular complexity index is 694. The number of halogens is 1. The first-order chi connectivity index (χ1) is 11.3. The molecule has 132 valence electrons. The van der Waals surface area contributed by atoms with E-state index >= 15 is 0 Å². The fraction of sp³-hybridized carbons (Fsp3) is 0.500. The molecule has 0 spiro atoms. The molecule has 0 atom stereocenters. The molecule has 1 saturated carbocycles. The number of carboxylic acid groups (broad SMARTS) is 1. The molecule has 0 aromatic heterocycles. The number of amides is 1. The van der Waals surface area contributed by atoms with Crippen LogP contribution < -0.4 is 5.32 Å². The Balaban J connectivity index is 1.80. The smallest absolute Gasteiger partial charge is 0.306 e. The summed E-state index contributed by atoms with van der Waals surface area (Å²) in [4.78, 5) is 23.1. The molecule has 0 bridgehead atoms. The molecule has 8 heteroatoms. The van der Waals surface area contributed by atoms with E-state index in [0.717, 1.165) is 0 Å². The number of sulfone groups is 1. The van der Waals surface area contributed by atoms with Crippen LogP contribution in [0.2, 0.25) is 5.02 Å². The normalized spacial score (nSPS) is 21.2. The minimum atomic E-state index is -3.47. The van der Waals surface area contributed by atoms with Crippen LogP contribution in [0.25, 0.3) is 0 Å². The van der Waals surface area contributed by atoms with E-state index in [9.17, 15) is 18.0 Å². The molecule has 0 radical (unpaired) electrons. The van der Waals surface area contributed by atoms with E-state index in [1.807, 2.05) is 0 Å². The summed E-state index contributed by atoms with van der Waals surface area (Å²) in [5, 5.41) is 12.0. The van der Waals surface area contributed by atoms with Crippen LogP contribution in [0.5, 0.6) is 0 Å². The SMILES string of the molecule is O=C(O)C1CCC(C(=O)NCCS(=O)(=O)c2ccc(Cl)cc2)CC1. The van der Waals surface area contributed by atoms with Crippen molar-refractivity contribution in [3.8, 4) is 0 Å². The van der Waals surface area contributed by atoms with Gasteiger partial charge in [-0.05, 0) is 49.9 Å². The molecule has 1 aromatic rings. The number of carbonyl (C=O) groups is 2. The van der Waals surface area contributed by atoms with E-state index in [1.54, 1.807) is 0 Å². The van der Waals surface area contributed by atoms with Gasteiger partial charge < -0.3 is 10.4 Å². The number of carbonyl (C=O) groups excluding carboxylic acids is 1. The van der Waals surface area contributed by atoms with Crippen LogP contribution >= 0.6 is 11.6 Å². The highest BCUT2D eigenvalue weighted by atomic mass is 35.5. The first-order valence-corrected chi connectivity index (χ1v) is 9.81. The molecule has 0 saturated heterocycles. The largest absolute Gasteiger partial charge is 0.481 e. The summed E-state index contributed by atoms with van der Waals surface area (Å²) in [5.41, 5.74) is 0. The summed E-state index contributed by atoms with van der Waals surface area (Å²) in [7, 11) is -3.47. The van der Waals surface area contributed by atoms with E-state index < -0.39 is 15.8 Å². The molecule has 0 aliphatic heterocycles. The van der Waals surface area contributed by atoms with Crippen LogP contribution in [-0.2, 0) is 19.4 Å². The van der Waals surface area contributed by atoms with Gasteiger partial charge in [-0.3, -0.25) is 9.59 Å². The van der Waals surface area contributed by atoms with Gasteiger partial charge in [-0.25, -0.2) is 8.42 Å². The Morgan fingerprint density at radius 3 is 2.17 bits per heavy atom. The maximum atomic E-state index is 12.2. The van der Waals surface area contributed by atoms with Crippen molar-refractivity contribution in [1.82, 2.24) is 5.32 Å². The standard InChI is InChI=1S/C16H20ClNO5S/c17-13-5-7-14(8-6-13)24(22,23)10-9-18-15(19)11-1-3-12(4-2-11)16(20)21/h5-8,11-12H,1-4,9-10H2,(H,18,19)(H,20,21). The van der Waals surface area contributed by atoms with E-state index in [4.69, 9.17) is 16.7 Å². The summed E-state index contributed by atoms with van der Waals surface area (Å²) in [6.45, 7) is 0.0304. The number of hydrogen-bond acceptors (Lipinski definition) is 4. The van der Waals surface area contributed by atoms with Crippen molar-refractivity contribution >= 4 is 33.3 Å². The Labute approximate surface area is 146 Å². The van der Waals surface area contributed by atoms with Crippen LogP contribution in [0.3, 0.4) is 0 Å². The van der Waals surface area contributed by atoms with Crippen molar-refractivity contribution < 1.29 is 23.1 Å². The minimum absolute atomic E-state index is 0.0304. The van der Waals surface area contributed by atoms with E-state index in [0.29, 0.717) is 30.7 Å². The summed E-state index contributed by atoms with van der Waals surface area (Å²) in [6.07, 6.45) is 2.01. The van der Waals surface area contributed by atoms with Crippen LogP contribution in [0.15, 0.2) is 29.2 Å². The van der Waals surface area contributed by atoms with Crippen LogP contribution in [-0.4, -0.2) is 37.7 Å². The van der Waals surface area contributed by atoms with Gasteiger partial charge in [0, 0.05) is 17.5 Å². The third kappa shape index (κ3) is 4.95. The van der Waals surface area contributed by atoms with Crippen molar-refractivity contribution in [2.24, 2.45) is 11.8 Å². The average molecular weight is 374 g/mol. The second-order valence-corrected chi connectivity index (χ2v) is 8.50. The monoisotopic (exact) mass is 373 g/mol. The van der Waals surface area contributed by atoms with Gasteiger partial charge in [0.2, 0.25) is 5.91 Å². The lowest BCUT2D eigenvalue weighted by Gasteiger charge is -2.25. The van der Waals surface area contributed by atoms with Crippen LogP contribution in [0.1, 0.15) is 25.7 Å². The van der Waals surface area contributed by atoms with Crippen LogP contribution in [0, 0.1) is 11.8 Å². The summed E-state index contributed by atoms with van der Waals surface area (Å²) in [5.74, 6) is -1.82. The predicted molar refractivity (Wildman–Crippen MR) is 89.6 cm³/mol. The maximum Gasteiger partial charge on any atom is 0.306 e. The Morgan fingerprint density at radius 2 is 1.62 bits per heavy atom. The first-order valence-electron chi connectivity index (χ1n) is 7.78. The zero-order valence-electron chi connectivity index (χ0n) is 13.1. The van der Waals surface area contributed by atoms with Gasteiger partial charge in [0.15, 0.2) is 9.84 Å². The number of aliphatic carboxylic acids is 1. The molecule has 1 fully saturated rings. The molecule has 0 heterocycles. The Hall–Kier alpha value is -1.60. The van der Waals surface area contributed by atoms with Gasteiger partial charge in [0.1, 0.15) is 0 Å². The lowest BCUT2D eigenvalue weighted by atomic mass is 9.81. The van der Waals surface area contributed by atoms with Gasteiger partial charge in [-0.15, -0.1) is 0 Å². The molecular weight excluding hydrogens is 354 g/mol. The summed E-state index contributed by atoms with van der Waals surface area (Å²) >= 11 is 5.73. The molecule has 6 nitrogen and oxygen atoms in total. The maximum absolute atomic E-state index is 12.2. The highest BCUT2D eigenvalue weighted by Gasteiger charge is 2.29. The van der Waals surface area contributed by atoms with Crippen molar-refractivity contribution in [3.05, 3.63) is 29.3 Å². The second kappa shape index (κ2) is 7.98. The Morgan fingerprint density at radius 1 is 1.08 bits per heavy atom. The fourth-order valence-corrected chi connectivity index (χ4v) is 4.10. The van der Waals surface area contributed by atoms with Gasteiger partial charge >= 0.3 is 5.97 Å². The van der Waals surface area contributed by atoms with Crippen molar-refractivity contribution in [2.45, 2.75) is 30.6 Å². The van der Waals surface area contributed by atoms with E-state index in [1.165, 1.54) is 24.3 Å². The number of nitrogens with one attached hydrogen (secondary N) is 1. The molecule has 1 amide bonds. The molecule has 2 N–H and O–H groups in total. The lowest BCUT2D eigenvalue weighted by molar-refractivity contribution is -0.144. The van der Waals surface area contributed by atoms with Crippen LogP contribution in [0.4, 0.5) is 0 Å². The van der Waals surface area contributed by atoms with Crippen molar-refractivity contribution in [3.63, 3.8) is 0 Å². The zero-order chi connectivity index (χ0) is 17.7. The molecule has 1 aliphatic carbocycles. The van der Waals surface area contributed by atoms with Gasteiger partial charge in [0.05, 0.1) is 16.6 Å². The molecule has 1 aromatic carbocycles. The van der Waals surface area contributed by atoms with Gasteiger partial charge in [-0.1, -0.05) is 11.6 Å². The molecule has 0 unspecified atom stereocenters. The highest BCUT2D eigenvalue weighted by Crippen LogP contribution is 2.29.